The lowest BCUT2D eigenvalue weighted by Crippen LogP contribution is -2.54. The highest BCUT2D eigenvalue weighted by atomic mass is 19.4. The van der Waals surface area contributed by atoms with Gasteiger partial charge in [-0.25, -0.2) is 4.79 Å². The van der Waals surface area contributed by atoms with Gasteiger partial charge in [-0.1, -0.05) is 30.3 Å². The van der Waals surface area contributed by atoms with Crippen molar-refractivity contribution in [1.82, 2.24) is 15.6 Å². The number of rotatable bonds is 10. The number of carbonyl (C=O) groups is 4. The summed E-state index contributed by atoms with van der Waals surface area (Å²) in [5.41, 5.74) is -0.494. The largest absolute Gasteiger partial charge is 0.481 e. The van der Waals surface area contributed by atoms with E-state index < -0.39 is 59.7 Å². The van der Waals surface area contributed by atoms with Crippen LogP contribution in [-0.4, -0.2) is 51.7 Å². The number of fused-ring (bicyclic) bond motifs is 1. The summed E-state index contributed by atoms with van der Waals surface area (Å²) in [5.74, 6) is -2.82. The Labute approximate surface area is 239 Å². The first-order chi connectivity index (χ1) is 19.6. The summed E-state index contributed by atoms with van der Waals surface area (Å²) in [4.78, 5) is 54.4. The van der Waals surface area contributed by atoms with E-state index in [2.05, 4.69) is 20.9 Å². The number of alkyl halides is 3. The number of pyridine rings is 1. The molecule has 10 nitrogen and oxygen atoms in total. The molecule has 0 saturated carbocycles. The molecule has 3 rings (SSSR count). The second kappa shape index (κ2) is 13.3. The fourth-order valence-corrected chi connectivity index (χ4v) is 3.90. The number of alkyl carbamates (subject to hydrolysis) is 1. The summed E-state index contributed by atoms with van der Waals surface area (Å²) in [6.45, 7) is 4.81. The van der Waals surface area contributed by atoms with Crippen LogP contribution in [0.5, 0.6) is 0 Å². The van der Waals surface area contributed by atoms with Crippen LogP contribution in [0.4, 0.5) is 23.7 Å². The maximum absolute atomic E-state index is 13.4. The second-order valence-electron chi connectivity index (χ2n) is 10.5. The van der Waals surface area contributed by atoms with Gasteiger partial charge < -0.3 is 25.8 Å². The summed E-state index contributed by atoms with van der Waals surface area (Å²) in [6.07, 6.45) is -5.13. The summed E-state index contributed by atoms with van der Waals surface area (Å²) in [5, 5.41) is 17.3. The Kier molecular flexibility index (Phi) is 10.1. The second-order valence-corrected chi connectivity index (χ2v) is 10.5. The van der Waals surface area contributed by atoms with Crippen molar-refractivity contribution in [1.29, 1.82) is 0 Å². The Morgan fingerprint density at radius 1 is 0.929 bits per heavy atom. The van der Waals surface area contributed by atoms with Gasteiger partial charge in [-0.05, 0) is 57.0 Å². The maximum Gasteiger partial charge on any atom is 0.416 e. The molecule has 0 radical (unpaired) electrons. The highest BCUT2D eigenvalue weighted by molar-refractivity contribution is 5.99. The van der Waals surface area contributed by atoms with E-state index in [9.17, 15) is 32.3 Å². The molecule has 13 heteroatoms. The standard InChI is InChI=1S/C29H31F3N4O6/c1-28(2,3)42-27(41)36-22(12-13-24(37)38)25(39)35-23(14-17-8-10-19(11-9-17)29(30,31)32)26(40)34-20-15-18-6-4-5-7-21(18)33-16-20/h4-11,15-16,22-23H,12-14H2,1-3H3,(H,34,40)(H,35,39)(H,36,41)(H,37,38)/t22-,23-/m0/s1. The monoisotopic (exact) mass is 588 g/mol. The van der Waals surface area contributed by atoms with Gasteiger partial charge in [0.05, 0.1) is 23.0 Å². The Morgan fingerprint density at radius 3 is 2.21 bits per heavy atom. The minimum absolute atomic E-state index is 0.213. The van der Waals surface area contributed by atoms with Crippen LogP contribution in [0.15, 0.2) is 60.8 Å². The van der Waals surface area contributed by atoms with E-state index in [1.807, 2.05) is 0 Å². The Balaban J connectivity index is 1.86. The summed E-state index contributed by atoms with van der Waals surface area (Å²) in [7, 11) is 0. The molecule has 42 heavy (non-hydrogen) atoms. The first-order valence-electron chi connectivity index (χ1n) is 12.9. The molecule has 4 N–H and O–H groups in total. The smallest absolute Gasteiger partial charge is 0.416 e. The minimum Gasteiger partial charge on any atom is -0.481 e. The van der Waals surface area contributed by atoms with Crippen LogP contribution in [0.25, 0.3) is 10.9 Å². The molecule has 0 aliphatic rings. The number of anilines is 1. The zero-order valence-corrected chi connectivity index (χ0v) is 23.1. The molecular weight excluding hydrogens is 557 g/mol. The van der Waals surface area contributed by atoms with Crippen LogP contribution in [0, 0.1) is 0 Å². The third kappa shape index (κ3) is 9.75. The van der Waals surface area contributed by atoms with E-state index in [0.29, 0.717) is 16.8 Å². The third-order valence-corrected chi connectivity index (χ3v) is 5.87. The number of aliphatic carboxylic acids is 1. The molecule has 0 spiro atoms. The van der Waals surface area contributed by atoms with Gasteiger partial charge in [0.2, 0.25) is 11.8 Å². The van der Waals surface area contributed by atoms with Crippen molar-refractivity contribution in [2.45, 2.75) is 63.9 Å². The number of para-hydroxylation sites is 1. The Morgan fingerprint density at radius 2 is 1.60 bits per heavy atom. The number of carbonyl (C=O) groups excluding carboxylic acids is 3. The lowest BCUT2D eigenvalue weighted by Gasteiger charge is -2.25. The molecule has 0 saturated heterocycles. The Bertz CT molecular complexity index is 1440. The van der Waals surface area contributed by atoms with Gasteiger partial charge in [-0.15, -0.1) is 0 Å². The molecule has 1 heterocycles. The van der Waals surface area contributed by atoms with Crippen LogP contribution in [0.2, 0.25) is 0 Å². The van der Waals surface area contributed by atoms with Crippen molar-refractivity contribution < 1.29 is 42.2 Å². The van der Waals surface area contributed by atoms with Crippen LogP contribution in [0.1, 0.15) is 44.7 Å². The third-order valence-electron chi connectivity index (χ3n) is 5.87. The fourth-order valence-electron chi connectivity index (χ4n) is 3.90. The summed E-state index contributed by atoms with van der Waals surface area (Å²) >= 11 is 0. The predicted molar refractivity (Wildman–Crippen MR) is 147 cm³/mol. The number of amides is 3. The van der Waals surface area contributed by atoms with Crippen molar-refractivity contribution in [2.24, 2.45) is 0 Å². The first kappa shape index (κ1) is 31.8. The topological polar surface area (TPSA) is 147 Å². The zero-order valence-electron chi connectivity index (χ0n) is 23.1. The number of nitrogens with one attached hydrogen (secondary N) is 3. The molecule has 224 valence electrons. The number of benzene rings is 2. The van der Waals surface area contributed by atoms with Crippen molar-refractivity contribution in [2.75, 3.05) is 5.32 Å². The van der Waals surface area contributed by atoms with Gasteiger partial charge in [0, 0.05) is 18.2 Å². The normalized spacial score (nSPS) is 13.1. The first-order valence-corrected chi connectivity index (χ1v) is 12.9. The van der Waals surface area contributed by atoms with E-state index in [1.54, 1.807) is 51.1 Å². The predicted octanol–water partition coefficient (Wildman–Crippen LogP) is 4.68. The van der Waals surface area contributed by atoms with Crippen molar-refractivity contribution in [3.05, 3.63) is 71.9 Å². The molecule has 3 aromatic rings. The van der Waals surface area contributed by atoms with E-state index >= 15 is 0 Å². The SMILES string of the molecule is CC(C)(C)OC(=O)N[C@@H](CCC(=O)O)C(=O)N[C@@H](Cc1ccc(C(F)(F)F)cc1)C(=O)Nc1cnc2ccccc2c1. The van der Waals surface area contributed by atoms with Crippen LogP contribution < -0.4 is 16.0 Å². The molecule has 0 aliphatic carbocycles. The molecular formula is C29H31F3N4O6. The van der Waals surface area contributed by atoms with Crippen molar-refractivity contribution >= 4 is 40.5 Å². The quantitative estimate of drug-likeness (QED) is 0.269. The molecule has 0 bridgehead atoms. The van der Waals surface area contributed by atoms with Gasteiger partial charge in [0.15, 0.2) is 0 Å². The summed E-state index contributed by atoms with van der Waals surface area (Å²) in [6, 6.07) is 10.2. The molecule has 3 amide bonds. The Hall–Kier alpha value is -4.68. The van der Waals surface area contributed by atoms with Gasteiger partial charge in [-0.2, -0.15) is 13.2 Å². The van der Waals surface area contributed by atoms with Crippen molar-refractivity contribution in [3.8, 4) is 0 Å². The van der Waals surface area contributed by atoms with Crippen LogP contribution >= 0.6 is 0 Å². The lowest BCUT2D eigenvalue weighted by molar-refractivity contribution is -0.138. The number of carboxylic acid groups (broad SMARTS) is 1. The minimum atomic E-state index is -4.56. The van der Waals surface area contributed by atoms with E-state index in [-0.39, 0.29) is 12.8 Å². The number of carboxylic acids is 1. The molecule has 0 aliphatic heterocycles. The molecule has 2 atom stereocenters. The highest BCUT2D eigenvalue weighted by Crippen LogP contribution is 2.29. The van der Waals surface area contributed by atoms with Gasteiger partial charge in [0.25, 0.3) is 0 Å². The molecule has 2 aromatic carbocycles. The van der Waals surface area contributed by atoms with E-state index in [4.69, 9.17) is 9.84 Å². The number of halogens is 3. The van der Waals surface area contributed by atoms with Crippen LogP contribution in [-0.2, 0) is 31.7 Å². The average Bonchev–Trinajstić information content (AvgIpc) is 2.89. The number of hydrogen-bond donors (Lipinski definition) is 4. The average molecular weight is 589 g/mol. The van der Waals surface area contributed by atoms with Gasteiger partial charge >= 0.3 is 18.2 Å². The highest BCUT2D eigenvalue weighted by Gasteiger charge is 2.31. The number of nitrogens with zero attached hydrogens (tertiary/aromatic N) is 1. The van der Waals surface area contributed by atoms with Crippen LogP contribution in [0.3, 0.4) is 0 Å². The molecule has 0 fully saturated rings. The zero-order chi connectivity index (χ0) is 31.1. The van der Waals surface area contributed by atoms with Crippen molar-refractivity contribution in [3.63, 3.8) is 0 Å². The maximum atomic E-state index is 13.4. The molecule has 0 unspecified atom stereocenters. The lowest BCUT2D eigenvalue weighted by atomic mass is 10.0. The summed E-state index contributed by atoms with van der Waals surface area (Å²) < 4.78 is 44.3. The number of aromatic nitrogens is 1. The van der Waals surface area contributed by atoms with Gasteiger partial charge in [0.1, 0.15) is 17.7 Å². The number of hydrogen-bond acceptors (Lipinski definition) is 6. The van der Waals surface area contributed by atoms with E-state index in [0.717, 1.165) is 17.5 Å². The molecule has 1 aromatic heterocycles. The van der Waals surface area contributed by atoms with Gasteiger partial charge in [-0.3, -0.25) is 19.4 Å². The van der Waals surface area contributed by atoms with E-state index in [1.165, 1.54) is 18.3 Å². The fraction of sp³-hybridized carbons (Fsp3) is 0.345. The number of ether oxygens (including phenoxy) is 1.